The Hall–Kier alpha value is -0.720. The van der Waals surface area contributed by atoms with Crippen LogP contribution in [0.5, 0.6) is 0 Å². The lowest BCUT2D eigenvalue weighted by Gasteiger charge is -2.07. The van der Waals surface area contributed by atoms with E-state index in [0.717, 1.165) is 10.5 Å². The molecular weight excluding hydrogens is 239 g/mol. The first-order chi connectivity index (χ1) is 7.51. The SMILES string of the molecule is NCc1ccc(SCCOC(F)(F)F)cc1. The first-order valence-corrected chi connectivity index (χ1v) is 5.62. The van der Waals surface area contributed by atoms with E-state index in [2.05, 4.69) is 4.74 Å². The van der Waals surface area contributed by atoms with Gasteiger partial charge in [0.15, 0.2) is 0 Å². The van der Waals surface area contributed by atoms with Crippen LogP contribution >= 0.6 is 11.8 Å². The highest BCUT2D eigenvalue weighted by Crippen LogP contribution is 2.20. The number of hydrogen-bond donors (Lipinski definition) is 1. The average molecular weight is 251 g/mol. The largest absolute Gasteiger partial charge is 0.522 e. The lowest BCUT2D eigenvalue weighted by Crippen LogP contribution is -2.15. The Morgan fingerprint density at radius 1 is 1.19 bits per heavy atom. The third-order valence-corrected chi connectivity index (χ3v) is 2.75. The summed E-state index contributed by atoms with van der Waals surface area (Å²) < 4.78 is 38.6. The van der Waals surface area contributed by atoms with Crippen molar-refractivity contribution in [3.05, 3.63) is 29.8 Å². The van der Waals surface area contributed by atoms with Crippen molar-refractivity contribution in [3.63, 3.8) is 0 Å². The maximum Gasteiger partial charge on any atom is 0.522 e. The molecule has 2 N–H and O–H groups in total. The number of rotatable bonds is 5. The van der Waals surface area contributed by atoms with Gasteiger partial charge in [0.1, 0.15) is 0 Å². The molecule has 1 rings (SSSR count). The zero-order valence-electron chi connectivity index (χ0n) is 8.46. The quantitative estimate of drug-likeness (QED) is 0.645. The van der Waals surface area contributed by atoms with Crippen LogP contribution in [0.3, 0.4) is 0 Å². The van der Waals surface area contributed by atoms with Crippen LogP contribution in [-0.4, -0.2) is 18.7 Å². The van der Waals surface area contributed by atoms with Crippen molar-refractivity contribution in [1.82, 2.24) is 0 Å². The van der Waals surface area contributed by atoms with E-state index in [4.69, 9.17) is 5.73 Å². The number of alkyl halides is 3. The predicted molar refractivity (Wildman–Crippen MR) is 57.1 cm³/mol. The molecule has 0 unspecified atom stereocenters. The molecule has 2 nitrogen and oxygen atoms in total. The summed E-state index contributed by atoms with van der Waals surface area (Å²) in [5.74, 6) is 0.265. The van der Waals surface area contributed by atoms with E-state index in [9.17, 15) is 13.2 Å². The Morgan fingerprint density at radius 2 is 1.81 bits per heavy atom. The van der Waals surface area contributed by atoms with Crippen LogP contribution in [0, 0.1) is 0 Å². The molecule has 0 bridgehead atoms. The Labute approximate surface area is 96.0 Å². The summed E-state index contributed by atoms with van der Waals surface area (Å²) >= 11 is 1.31. The van der Waals surface area contributed by atoms with Gasteiger partial charge in [0.2, 0.25) is 0 Å². The molecule has 0 fully saturated rings. The molecule has 0 saturated carbocycles. The maximum absolute atomic E-state index is 11.6. The van der Waals surface area contributed by atoms with Gasteiger partial charge in [0.25, 0.3) is 0 Å². The van der Waals surface area contributed by atoms with Gasteiger partial charge in [-0.2, -0.15) is 0 Å². The van der Waals surface area contributed by atoms with Crippen LogP contribution < -0.4 is 5.73 Å². The Morgan fingerprint density at radius 3 is 2.31 bits per heavy atom. The van der Waals surface area contributed by atoms with Crippen molar-refractivity contribution in [2.75, 3.05) is 12.4 Å². The fraction of sp³-hybridized carbons (Fsp3) is 0.400. The summed E-state index contributed by atoms with van der Waals surface area (Å²) in [6, 6.07) is 7.38. The number of benzene rings is 1. The van der Waals surface area contributed by atoms with E-state index >= 15 is 0 Å². The molecule has 1 aromatic carbocycles. The summed E-state index contributed by atoms with van der Waals surface area (Å²) in [6.45, 7) is 0.120. The van der Waals surface area contributed by atoms with Gasteiger partial charge < -0.3 is 5.73 Å². The van der Waals surface area contributed by atoms with E-state index in [1.165, 1.54) is 11.8 Å². The van der Waals surface area contributed by atoms with E-state index in [1.54, 1.807) is 0 Å². The molecule has 0 radical (unpaired) electrons. The number of halogens is 3. The molecule has 0 saturated heterocycles. The van der Waals surface area contributed by atoms with Gasteiger partial charge in [-0.15, -0.1) is 24.9 Å². The summed E-state index contributed by atoms with van der Waals surface area (Å²) in [5, 5.41) is 0. The normalized spacial score (nSPS) is 11.8. The van der Waals surface area contributed by atoms with Gasteiger partial charge in [-0.1, -0.05) is 12.1 Å². The predicted octanol–water partition coefficient (Wildman–Crippen LogP) is 2.77. The van der Waals surface area contributed by atoms with Crippen LogP contribution in [0.2, 0.25) is 0 Å². The molecule has 16 heavy (non-hydrogen) atoms. The van der Waals surface area contributed by atoms with E-state index < -0.39 is 6.36 Å². The van der Waals surface area contributed by atoms with Crippen molar-refractivity contribution < 1.29 is 17.9 Å². The number of hydrogen-bond acceptors (Lipinski definition) is 3. The molecule has 0 aromatic heterocycles. The van der Waals surface area contributed by atoms with Crippen molar-refractivity contribution in [2.24, 2.45) is 5.73 Å². The topological polar surface area (TPSA) is 35.2 Å². The highest BCUT2D eigenvalue weighted by atomic mass is 32.2. The molecule has 0 atom stereocenters. The zero-order valence-corrected chi connectivity index (χ0v) is 9.27. The number of ether oxygens (including phenoxy) is 1. The first kappa shape index (κ1) is 13.3. The third-order valence-electron chi connectivity index (χ3n) is 1.78. The zero-order chi connectivity index (χ0) is 12.0. The van der Waals surface area contributed by atoms with Gasteiger partial charge >= 0.3 is 6.36 Å². The minimum Gasteiger partial charge on any atom is -0.326 e. The second-order valence-electron chi connectivity index (χ2n) is 2.99. The summed E-state index contributed by atoms with van der Waals surface area (Å²) in [5.41, 5.74) is 6.41. The fourth-order valence-corrected chi connectivity index (χ4v) is 1.77. The van der Waals surface area contributed by atoms with Crippen LogP contribution in [0.4, 0.5) is 13.2 Å². The maximum atomic E-state index is 11.6. The Bertz CT molecular complexity index is 313. The fourth-order valence-electron chi connectivity index (χ4n) is 1.04. The van der Waals surface area contributed by atoms with Crippen molar-refractivity contribution in [2.45, 2.75) is 17.8 Å². The minimum absolute atomic E-state index is 0.265. The Balaban J connectivity index is 2.27. The molecule has 1 aromatic rings. The average Bonchev–Trinajstić information content (AvgIpc) is 2.24. The van der Waals surface area contributed by atoms with E-state index in [0.29, 0.717) is 6.54 Å². The van der Waals surface area contributed by atoms with Gasteiger partial charge in [0, 0.05) is 17.2 Å². The second-order valence-corrected chi connectivity index (χ2v) is 4.16. The molecule has 0 amide bonds. The Kier molecular flexibility index (Phi) is 5.11. The molecule has 0 aliphatic rings. The van der Waals surface area contributed by atoms with E-state index in [1.807, 2.05) is 24.3 Å². The van der Waals surface area contributed by atoms with Gasteiger partial charge in [-0.3, -0.25) is 4.74 Å². The molecule has 0 aliphatic heterocycles. The first-order valence-electron chi connectivity index (χ1n) is 4.64. The highest BCUT2D eigenvalue weighted by Gasteiger charge is 2.28. The van der Waals surface area contributed by atoms with Crippen LogP contribution in [0.1, 0.15) is 5.56 Å². The van der Waals surface area contributed by atoms with Crippen LogP contribution in [0.25, 0.3) is 0 Å². The summed E-state index contributed by atoms with van der Waals surface area (Å²) in [6.07, 6.45) is -4.54. The molecule has 0 heterocycles. The third kappa shape index (κ3) is 5.39. The molecule has 0 spiro atoms. The van der Waals surface area contributed by atoms with Crippen LogP contribution in [-0.2, 0) is 11.3 Å². The lowest BCUT2D eigenvalue weighted by atomic mass is 10.2. The smallest absolute Gasteiger partial charge is 0.326 e. The van der Waals surface area contributed by atoms with Crippen molar-refractivity contribution >= 4 is 11.8 Å². The monoisotopic (exact) mass is 251 g/mol. The lowest BCUT2D eigenvalue weighted by molar-refractivity contribution is -0.322. The standard InChI is InChI=1S/C10H12F3NOS/c11-10(12,13)15-5-6-16-9-3-1-8(7-14)2-4-9/h1-4H,5-7,14H2. The van der Waals surface area contributed by atoms with Crippen molar-refractivity contribution in [1.29, 1.82) is 0 Å². The molecule has 6 heteroatoms. The second kappa shape index (κ2) is 6.12. The van der Waals surface area contributed by atoms with Gasteiger partial charge in [-0.25, -0.2) is 0 Å². The number of thioether (sulfide) groups is 1. The van der Waals surface area contributed by atoms with E-state index in [-0.39, 0.29) is 12.4 Å². The molecular formula is C10H12F3NOS. The van der Waals surface area contributed by atoms with Crippen molar-refractivity contribution in [3.8, 4) is 0 Å². The van der Waals surface area contributed by atoms with Crippen LogP contribution in [0.15, 0.2) is 29.2 Å². The molecule has 90 valence electrons. The molecule has 0 aliphatic carbocycles. The summed E-state index contributed by atoms with van der Waals surface area (Å²) in [7, 11) is 0. The van der Waals surface area contributed by atoms with Gasteiger partial charge in [0.05, 0.1) is 6.61 Å². The summed E-state index contributed by atoms with van der Waals surface area (Å²) in [4.78, 5) is 0.906. The highest BCUT2D eigenvalue weighted by molar-refractivity contribution is 7.99. The van der Waals surface area contributed by atoms with Gasteiger partial charge in [-0.05, 0) is 17.7 Å². The minimum atomic E-state index is -4.54. The number of nitrogens with two attached hydrogens (primary N) is 1.